The minimum absolute atomic E-state index is 0.00803. The van der Waals surface area contributed by atoms with Crippen LogP contribution < -0.4 is 10.5 Å². The summed E-state index contributed by atoms with van der Waals surface area (Å²) in [7, 11) is 0. The Hall–Kier alpha value is -2.64. The molecule has 2 aromatic carbocycles. The molecule has 0 fully saturated rings. The second-order valence-corrected chi connectivity index (χ2v) is 7.85. The van der Waals surface area contributed by atoms with Gasteiger partial charge in [-0.3, -0.25) is 4.79 Å². The van der Waals surface area contributed by atoms with Gasteiger partial charge in [-0.25, -0.2) is 4.98 Å². The number of hydrogen-bond donors (Lipinski definition) is 2. The van der Waals surface area contributed by atoms with Crippen LogP contribution in [0.25, 0.3) is 20.8 Å². The van der Waals surface area contributed by atoms with Gasteiger partial charge < -0.3 is 20.5 Å². The topological polar surface area (TPSA) is 88.7 Å². The van der Waals surface area contributed by atoms with Gasteiger partial charge in [0, 0.05) is 30.1 Å². The van der Waals surface area contributed by atoms with Crippen LogP contribution >= 0.6 is 11.3 Å². The van der Waals surface area contributed by atoms with Gasteiger partial charge in [0.05, 0.1) is 16.8 Å². The molecule has 0 bridgehead atoms. The fourth-order valence-corrected chi connectivity index (χ4v) is 4.19. The summed E-state index contributed by atoms with van der Waals surface area (Å²) in [6.45, 7) is 3.01. The van der Waals surface area contributed by atoms with Gasteiger partial charge in [-0.05, 0) is 31.2 Å². The van der Waals surface area contributed by atoms with Crippen molar-refractivity contribution in [2.24, 2.45) is 5.73 Å². The van der Waals surface area contributed by atoms with E-state index in [-0.39, 0.29) is 17.7 Å². The van der Waals surface area contributed by atoms with E-state index in [1.54, 1.807) is 22.3 Å². The molecule has 140 valence electrons. The van der Waals surface area contributed by atoms with Crippen molar-refractivity contribution in [1.29, 1.82) is 0 Å². The maximum Gasteiger partial charge on any atom is 0.224 e. The number of aromatic hydroxyl groups is 1. The van der Waals surface area contributed by atoms with Crippen LogP contribution in [0.15, 0.2) is 36.4 Å². The Morgan fingerprint density at radius 2 is 2.22 bits per heavy atom. The number of phenols is 1. The lowest BCUT2D eigenvalue weighted by atomic mass is 10.1. The van der Waals surface area contributed by atoms with E-state index in [0.717, 1.165) is 26.4 Å². The largest absolute Gasteiger partial charge is 0.504 e. The molecule has 6 nitrogen and oxygen atoms in total. The molecule has 0 unspecified atom stereocenters. The zero-order valence-electron chi connectivity index (χ0n) is 15.0. The molecule has 7 heteroatoms. The zero-order valence-corrected chi connectivity index (χ0v) is 15.8. The number of para-hydroxylation sites is 1. The number of carbonyl (C=O) groups is 1. The molecule has 4 rings (SSSR count). The first-order valence-electron chi connectivity index (χ1n) is 8.89. The molecular weight excluding hydrogens is 362 g/mol. The number of ether oxygens (including phenoxy) is 1. The van der Waals surface area contributed by atoms with Crippen molar-refractivity contribution in [3.8, 4) is 22.1 Å². The number of amides is 1. The van der Waals surface area contributed by atoms with Crippen molar-refractivity contribution >= 4 is 27.5 Å². The first kappa shape index (κ1) is 17.8. The number of benzene rings is 2. The zero-order chi connectivity index (χ0) is 19.0. The fraction of sp³-hybridized carbons (Fsp3) is 0.300. The lowest BCUT2D eigenvalue weighted by molar-refractivity contribution is -0.132. The second-order valence-electron chi connectivity index (χ2n) is 6.82. The van der Waals surface area contributed by atoms with Crippen molar-refractivity contribution in [3.63, 3.8) is 0 Å². The van der Waals surface area contributed by atoms with E-state index in [1.807, 2.05) is 37.3 Å². The van der Waals surface area contributed by atoms with Crippen LogP contribution in [-0.4, -0.2) is 40.1 Å². The predicted octanol–water partition coefficient (Wildman–Crippen LogP) is 3.13. The van der Waals surface area contributed by atoms with Gasteiger partial charge in [0.25, 0.3) is 0 Å². The van der Waals surface area contributed by atoms with E-state index >= 15 is 0 Å². The monoisotopic (exact) mass is 383 g/mol. The first-order valence-corrected chi connectivity index (χ1v) is 9.71. The van der Waals surface area contributed by atoms with Crippen LogP contribution in [0.3, 0.4) is 0 Å². The summed E-state index contributed by atoms with van der Waals surface area (Å²) in [4.78, 5) is 18.8. The second kappa shape index (κ2) is 7.17. The lowest BCUT2D eigenvalue weighted by Gasteiger charge is -2.21. The van der Waals surface area contributed by atoms with Crippen LogP contribution in [0.4, 0.5) is 0 Å². The molecule has 1 amide bonds. The van der Waals surface area contributed by atoms with Crippen LogP contribution in [0.5, 0.6) is 11.5 Å². The molecule has 3 N–H and O–H groups in total. The number of thiazole rings is 1. The molecule has 27 heavy (non-hydrogen) atoms. The van der Waals surface area contributed by atoms with E-state index in [4.69, 9.17) is 10.5 Å². The number of nitrogens with zero attached hydrogens (tertiary/aromatic N) is 2. The van der Waals surface area contributed by atoms with Crippen molar-refractivity contribution in [2.75, 3.05) is 13.2 Å². The normalized spacial score (nSPS) is 15.1. The maximum absolute atomic E-state index is 12.4. The average Bonchev–Trinajstić information content (AvgIpc) is 2.93. The van der Waals surface area contributed by atoms with Gasteiger partial charge in [-0.15, -0.1) is 11.3 Å². The van der Waals surface area contributed by atoms with Gasteiger partial charge in [-0.2, -0.15) is 0 Å². The number of aromatic nitrogens is 1. The molecule has 0 saturated carbocycles. The molecule has 3 aromatic rings. The Morgan fingerprint density at radius 1 is 1.41 bits per heavy atom. The van der Waals surface area contributed by atoms with Crippen LogP contribution in [-0.2, 0) is 11.3 Å². The first-order chi connectivity index (χ1) is 13.0. The Bertz CT molecular complexity index is 966. The quantitative estimate of drug-likeness (QED) is 0.725. The number of fused-ring (bicyclic) bond motifs is 2. The minimum atomic E-state index is -0.191. The fourth-order valence-electron chi connectivity index (χ4n) is 3.24. The molecule has 1 atom stereocenters. The molecule has 0 radical (unpaired) electrons. The third-order valence-corrected chi connectivity index (χ3v) is 5.59. The Labute approximate surface area is 161 Å². The van der Waals surface area contributed by atoms with E-state index in [1.165, 1.54) is 0 Å². The summed E-state index contributed by atoms with van der Waals surface area (Å²) in [5.41, 5.74) is 8.29. The summed E-state index contributed by atoms with van der Waals surface area (Å²) in [5, 5.41) is 11.3. The van der Waals surface area contributed by atoms with Gasteiger partial charge in [0.15, 0.2) is 11.5 Å². The van der Waals surface area contributed by atoms with Crippen molar-refractivity contribution < 1.29 is 14.6 Å². The maximum atomic E-state index is 12.4. The highest BCUT2D eigenvalue weighted by Crippen LogP contribution is 2.39. The van der Waals surface area contributed by atoms with Gasteiger partial charge >= 0.3 is 0 Å². The summed E-state index contributed by atoms with van der Waals surface area (Å²) in [5.74, 6) is 0.505. The molecule has 0 saturated heterocycles. The molecular formula is C20H21N3O3S. The summed E-state index contributed by atoms with van der Waals surface area (Å²) in [6, 6.07) is 11.4. The third kappa shape index (κ3) is 3.61. The van der Waals surface area contributed by atoms with Gasteiger partial charge in [-0.1, -0.05) is 12.1 Å². The summed E-state index contributed by atoms with van der Waals surface area (Å²) >= 11 is 1.57. The van der Waals surface area contributed by atoms with E-state index in [2.05, 4.69) is 4.98 Å². The molecule has 0 spiro atoms. The SMILES string of the molecule is C[C@H](N)CC(=O)N1CCOc2c(O)cc(-c3nc4ccccc4s3)cc2C1. The lowest BCUT2D eigenvalue weighted by Crippen LogP contribution is -2.35. The number of hydrogen-bond acceptors (Lipinski definition) is 6. The van der Waals surface area contributed by atoms with Crippen LogP contribution in [0.1, 0.15) is 18.9 Å². The highest BCUT2D eigenvalue weighted by Gasteiger charge is 2.24. The average molecular weight is 383 g/mol. The smallest absolute Gasteiger partial charge is 0.224 e. The van der Waals surface area contributed by atoms with E-state index in [9.17, 15) is 9.90 Å². The van der Waals surface area contributed by atoms with E-state index < -0.39 is 0 Å². The Balaban J connectivity index is 1.70. The number of carbonyl (C=O) groups excluding carboxylic acids is 1. The standard InChI is InChI=1S/C20H21N3O3S/c1-12(21)8-18(25)23-6-7-26-19-14(11-23)9-13(10-16(19)24)20-22-15-4-2-3-5-17(15)27-20/h2-5,9-10,12,24H,6-8,11,21H2,1H3/t12-/m0/s1. The third-order valence-electron chi connectivity index (χ3n) is 4.51. The molecule has 0 aliphatic carbocycles. The predicted molar refractivity (Wildman–Crippen MR) is 106 cm³/mol. The van der Waals surface area contributed by atoms with Gasteiger partial charge in [0.1, 0.15) is 11.6 Å². The van der Waals surface area contributed by atoms with Crippen molar-refractivity contribution in [1.82, 2.24) is 9.88 Å². The number of nitrogens with two attached hydrogens (primary N) is 1. The minimum Gasteiger partial charge on any atom is -0.504 e. The van der Waals surface area contributed by atoms with Crippen molar-refractivity contribution in [3.05, 3.63) is 42.0 Å². The van der Waals surface area contributed by atoms with Gasteiger partial charge in [0.2, 0.25) is 5.91 Å². The van der Waals surface area contributed by atoms with E-state index in [0.29, 0.717) is 31.9 Å². The van der Waals surface area contributed by atoms with Crippen molar-refractivity contribution in [2.45, 2.75) is 25.9 Å². The highest BCUT2D eigenvalue weighted by atomic mass is 32.1. The molecule has 1 aromatic heterocycles. The molecule has 1 aliphatic heterocycles. The van der Waals surface area contributed by atoms with Crippen LogP contribution in [0, 0.1) is 0 Å². The number of rotatable bonds is 3. The molecule has 1 aliphatic rings. The summed E-state index contributed by atoms with van der Waals surface area (Å²) < 4.78 is 6.81. The summed E-state index contributed by atoms with van der Waals surface area (Å²) in [6.07, 6.45) is 0.291. The number of phenolic OH excluding ortho intramolecular Hbond substituents is 1. The Kier molecular flexibility index (Phi) is 4.72. The Morgan fingerprint density at radius 3 is 3.00 bits per heavy atom. The molecule has 2 heterocycles. The highest BCUT2D eigenvalue weighted by molar-refractivity contribution is 7.21. The van der Waals surface area contributed by atoms with Crippen LogP contribution in [0.2, 0.25) is 0 Å².